The molecule has 3 heterocycles. The number of aromatic nitrogens is 2. The van der Waals surface area contributed by atoms with E-state index in [1.165, 1.54) is 0 Å². The number of hydrogen-bond donors (Lipinski definition) is 1. The second kappa shape index (κ2) is 4.70. The van der Waals surface area contributed by atoms with Gasteiger partial charge in [0.1, 0.15) is 5.69 Å². The molecule has 2 aliphatic rings. The van der Waals surface area contributed by atoms with Crippen LogP contribution in [0.2, 0.25) is 5.28 Å². The van der Waals surface area contributed by atoms with Gasteiger partial charge in [-0.3, -0.25) is 4.79 Å². The number of carbonyl (C=O) groups excluding carboxylic acids is 1. The molecule has 1 N–H and O–H groups in total. The van der Waals surface area contributed by atoms with Gasteiger partial charge in [0.2, 0.25) is 11.2 Å². The number of carbonyl (C=O) groups is 1. The van der Waals surface area contributed by atoms with Crippen LogP contribution >= 0.6 is 11.6 Å². The van der Waals surface area contributed by atoms with Crippen molar-refractivity contribution >= 4 is 17.5 Å². The Kier molecular flexibility index (Phi) is 3.12. The minimum Gasteiger partial charge on any atom is -0.368 e. The summed E-state index contributed by atoms with van der Waals surface area (Å²) in [4.78, 5) is 21.6. The Hall–Kier alpha value is -1.69. The molecule has 2 atom stereocenters. The van der Waals surface area contributed by atoms with E-state index in [0.717, 1.165) is 23.9 Å². The Labute approximate surface area is 120 Å². The quantitative estimate of drug-likeness (QED) is 0.801. The SMILES string of the molecule is CC1C2=C(CCNC2=O)N(C)C1c1nc(Cl)ncc1F. The van der Waals surface area contributed by atoms with E-state index in [1.807, 2.05) is 18.9 Å². The number of amides is 1. The Bertz CT molecular complexity index is 618. The number of hydrogen-bond acceptors (Lipinski definition) is 4. The zero-order chi connectivity index (χ0) is 14.4. The van der Waals surface area contributed by atoms with Crippen molar-refractivity contribution < 1.29 is 9.18 Å². The molecule has 1 aromatic heterocycles. The number of halogens is 2. The Morgan fingerprint density at radius 2 is 2.30 bits per heavy atom. The summed E-state index contributed by atoms with van der Waals surface area (Å²) in [5, 5.41) is 2.84. The molecule has 2 unspecified atom stereocenters. The van der Waals surface area contributed by atoms with Gasteiger partial charge >= 0.3 is 0 Å². The second-order valence-corrected chi connectivity index (χ2v) is 5.42. The van der Waals surface area contributed by atoms with Crippen LogP contribution in [-0.2, 0) is 4.79 Å². The van der Waals surface area contributed by atoms with E-state index < -0.39 is 5.82 Å². The third-order valence-corrected chi connectivity index (χ3v) is 4.18. The fraction of sp³-hybridized carbons (Fsp3) is 0.462. The Balaban J connectivity index is 2.05. The van der Waals surface area contributed by atoms with Crippen molar-refractivity contribution in [2.24, 2.45) is 5.92 Å². The summed E-state index contributed by atoms with van der Waals surface area (Å²) in [7, 11) is 1.86. The van der Waals surface area contributed by atoms with Gasteiger partial charge in [0.05, 0.1) is 12.2 Å². The van der Waals surface area contributed by atoms with Gasteiger partial charge in [-0.1, -0.05) is 6.92 Å². The van der Waals surface area contributed by atoms with Crippen LogP contribution in [0.15, 0.2) is 17.5 Å². The predicted molar refractivity (Wildman–Crippen MR) is 71.3 cm³/mol. The van der Waals surface area contributed by atoms with Crippen LogP contribution in [0.25, 0.3) is 0 Å². The largest absolute Gasteiger partial charge is 0.368 e. The lowest BCUT2D eigenvalue weighted by Gasteiger charge is -2.27. The third kappa shape index (κ3) is 1.86. The van der Waals surface area contributed by atoms with Crippen molar-refractivity contribution in [2.45, 2.75) is 19.4 Å². The van der Waals surface area contributed by atoms with E-state index in [-0.39, 0.29) is 28.8 Å². The van der Waals surface area contributed by atoms with E-state index in [2.05, 4.69) is 15.3 Å². The lowest BCUT2D eigenvalue weighted by molar-refractivity contribution is -0.118. The van der Waals surface area contributed by atoms with Gasteiger partial charge in [-0.05, 0) is 11.6 Å². The molecule has 0 fully saturated rings. The fourth-order valence-corrected chi connectivity index (χ4v) is 3.28. The minimum atomic E-state index is -0.502. The van der Waals surface area contributed by atoms with Gasteiger partial charge in [0.25, 0.3) is 0 Å². The van der Waals surface area contributed by atoms with E-state index in [1.54, 1.807) is 0 Å². The van der Waals surface area contributed by atoms with Crippen LogP contribution in [0.4, 0.5) is 4.39 Å². The summed E-state index contributed by atoms with van der Waals surface area (Å²) >= 11 is 5.77. The summed E-state index contributed by atoms with van der Waals surface area (Å²) in [5.41, 5.74) is 1.92. The Morgan fingerprint density at radius 3 is 3.00 bits per heavy atom. The molecule has 0 saturated heterocycles. The van der Waals surface area contributed by atoms with Crippen LogP contribution < -0.4 is 5.32 Å². The molecule has 1 aromatic rings. The van der Waals surface area contributed by atoms with E-state index in [4.69, 9.17) is 11.6 Å². The molecular weight excluding hydrogens is 283 g/mol. The summed E-state index contributed by atoms with van der Waals surface area (Å²) < 4.78 is 14.0. The molecule has 0 aromatic carbocycles. The highest BCUT2D eigenvalue weighted by Gasteiger charge is 2.43. The average molecular weight is 297 g/mol. The summed E-state index contributed by atoms with van der Waals surface area (Å²) in [6.45, 7) is 2.51. The molecular formula is C13H14ClFN4O. The molecule has 106 valence electrons. The molecule has 20 heavy (non-hydrogen) atoms. The van der Waals surface area contributed by atoms with Gasteiger partial charge in [0, 0.05) is 37.2 Å². The molecule has 0 spiro atoms. The highest BCUT2D eigenvalue weighted by atomic mass is 35.5. The van der Waals surface area contributed by atoms with Gasteiger partial charge in [-0.25, -0.2) is 14.4 Å². The molecule has 3 rings (SSSR count). The predicted octanol–water partition coefficient (Wildman–Crippen LogP) is 1.67. The van der Waals surface area contributed by atoms with Crippen LogP contribution in [0.3, 0.4) is 0 Å². The molecule has 0 radical (unpaired) electrons. The second-order valence-electron chi connectivity index (χ2n) is 5.08. The lowest BCUT2D eigenvalue weighted by Crippen LogP contribution is -2.32. The zero-order valence-corrected chi connectivity index (χ0v) is 11.9. The minimum absolute atomic E-state index is 0.0105. The van der Waals surface area contributed by atoms with Gasteiger partial charge in [-0.2, -0.15) is 0 Å². The monoisotopic (exact) mass is 296 g/mol. The van der Waals surface area contributed by atoms with Crippen molar-refractivity contribution in [1.29, 1.82) is 0 Å². The topological polar surface area (TPSA) is 58.1 Å². The van der Waals surface area contributed by atoms with E-state index in [9.17, 15) is 9.18 Å². The third-order valence-electron chi connectivity index (χ3n) is 4.00. The maximum Gasteiger partial charge on any atom is 0.249 e. The molecule has 5 nitrogen and oxygen atoms in total. The maximum atomic E-state index is 14.0. The summed E-state index contributed by atoms with van der Waals surface area (Å²) in [6.07, 6.45) is 1.82. The fourth-order valence-electron chi connectivity index (χ4n) is 3.14. The molecule has 1 amide bonds. The van der Waals surface area contributed by atoms with Crippen molar-refractivity contribution in [3.05, 3.63) is 34.3 Å². The van der Waals surface area contributed by atoms with Gasteiger partial charge < -0.3 is 10.2 Å². The number of nitrogens with one attached hydrogen (secondary N) is 1. The van der Waals surface area contributed by atoms with Gasteiger partial charge in [0.15, 0.2) is 5.82 Å². The molecule has 0 aliphatic carbocycles. The first kappa shape index (κ1) is 13.3. The molecule has 0 saturated carbocycles. The first-order valence-corrected chi connectivity index (χ1v) is 6.80. The highest BCUT2D eigenvalue weighted by Crippen LogP contribution is 2.44. The van der Waals surface area contributed by atoms with Crippen LogP contribution in [0.5, 0.6) is 0 Å². The molecule has 7 heteroatoms. The average Bonchev–Trinajstić information content (AvgIpc) is 2.66. The summed E-state index contributed by atoms with van der Waals surface area (Å²) in [5.74, 6) is -0.720. The molecule has 2 aliphatic heterocycles. The number of nitrogens with zero attached hydrogens (tertiary/aromatic N) is 3. The lowest BCUT2D eigenvalue weighted by atomic mass is 9.92. The van der Waals surface area contributed by atoms with Crippen LogP contribution in [-0.4, -0.2) is 34.4 Å². The highest BCUT2D eigenvalue weighted by molar-refractivity contribution is 6.28. The first-order chi connectivity index (χ1) is 9.50. The normalized spacial score (nSPS) is 25.8. The maximum absolute atomic E-state index is 14.0. The first-order valence-electron chi connectivity index (χ1n) is 6.42. The van der Waals surface area contributed by atoms with Crippen molar-refractivity contribution in [3.8, 4) is 0 Å². The molecule has 0 bridgehead atoms. The van der Waals surface area contributed by atoms with Gasteiger partial charge in [-0.15, -0.1) is 0 Å². The zero-order valence-electron chi connectivity index (χ0n) is 11.2. The van der Waals surface area contributed by atoms with Crippen molar-refractivity contribution in [1.82, 2.24) is 20.2 Å². The van der Waals surface area contributed by atoms with Crippen molar-refractivity contribution in [3.63, 3.8) is 0 Å². The van der Waals surface area contributed by atoms with E-state index >= 15 is 0 Å². The number of rotatable bonds is 1. The standard InChI is InChI=1S/C13H14ClFN4O/c1-6-9-8(3-4-16-12(9)20)19(2)11(6)10-7(15)5-17-13(14)18-10/h5-6,11H,3-4H2,1-2H3,(H,16,20). The van der Waals surface area contributed by atoms with Crippen LogP contribution in [0.1, 0.15) is 25.1 Å². The summed E-state index contributed by atoms with van der Waals surface area (Å²) in [6, 6.07) is -0.329. The van der Waals surface area contributed by atoms with Crippen molar-refractivity contribution in [2.75, 3.05) is 13.6 Å². The Morgan fingerprint density at radius 1 is 1.55 bits per heavy atom. The van der Waals surface area contributed by atoms with Crippen LogP contribution in [0, 0.1) is 11.7 Å². The smallest absolute Gasteiger partial charge is 0.249 e. The van der Waals surface area contributed by atoms with E-state index in [0.29, 0.717) is 6.54 Å².